The van der Waals surface area contributed by atoms with Gasteiger partial charge in [0.2, 0.25) is 0 Å². The smallest absolute Gasteiger partial charge is 0.271 e. The third kappa shape index (κ3) is 3.19. The molecule has 0 atom stereocenters. The van der Waals surface area contributed by atoms with E-state index in [9.17, 15) is 4.79 Å². The van der Waals surface area contributed by atoms with Gasteiger partial charge in [0.15, 0.2) is 0 Å². The van der Waals surface area contributed by atoms with E-state index in [2.05, 4.69) is 10.5 Å². The molecule has 0 unspecified atom stereocenters. The standard InChI is InChI=1S/C12H9ClN2O2/c13-10-4-1-3-9(7-10)12(16)15-14-8-11-5-2-6-17-11/h1-8H,(H,15,16)/b14-8+. The summed E-state index contributed by atoms with van der Waals surface area (Å²) in [6.45, 7) is 0. The molecule has 1 aromatic heterocycles. The Hall–Kier alpha value is -2.07. The molecule has 1 amide bonds. The van der Waals surface area contributed by atoms with Crippen LogP contribution in [0.2, 0.25) is 5.02 Å². The number of amides is 1. The summed E-state index contributed by atoms with van der Waals surface area (Å²) in [5, 5.41) is 4.27. The second kappa shape index (κ2) is 5.32. The molecule has 4 nitrogen and oxygen atoms in total. The first kappa shape index (κ1) is 11.4. The van der Waals surface area contributed by atoms with E-state index in [1.165, 1.54) is 12.5 Å². The van der Waals surface area contributed by atoms with Crippen LogP contribution in [0.1, 0.15) is 16.1 Å². The Morgan fingerprint density at radius 3 is 2.94 bits per heavy atom. The molecule has 17 heavy (non-hydrogen) atoms. The fourth-order valence-corrected chi connectivity index (χ4v) is 1.40. The highest BCUT2D eigenvalue weighted by Crippen LogP contribution is 2.10. The van der Waals surface area contributed by atoms with Gasteiger partial charge in [-0.1, -0.05) is 17.7 Å². The lowest BCUT2D eigenvalue weighted by molar-refractivity contribution is 0.0955. The molecule has 1 N–H and O–H groups in total. The largest absolute Gasteiger partial charge is 0.463 e. The molecule has 1 aromatic carbocycles. The van der Waals surface area contributed by atoms with Crippen LogP contribution in [0.25, 0.3) is 0 Å². The van der Waals surface area contributed by atoms with Crippen LogP contribution in [0.4, 0.5) is 0 Å². The van der Waals surface area contributed by atoms with Crippen LogP contribution in [-0.4, -0.2) is 12.1 Å². The van der Waals surface area contributed by atoms with Crippen molar-refractivity contribution < 1.29 is 9.21 Å². The van der Waals surface area contributed by atoms with Gasteiger partial charge in [0.05, 0.1) is 12.5 Å². The lowest BCUT2D eigenvalue weighted by Crippen LogP contribution is -2.17. The molecule has 2 rings (SSSR count). The molecule has 1 heterocycles. The van der Waals surface area contributed by atoms with E-state index in [0.717, 1.165) is 0 Å². The first-order valence-corrected chi connectivity index (χ1v) is 5.26. The summed E-state index contributed by atoms with van der Waals surface area (Å²) in [4.78, 5) is 11.6. The van der Waals surface area contributed by atoms with Crippen LogP contribution in [0.15, 0.2) is 52.2 Å². The van der Waals surface area contributed by atoms with Gasteiger partial charge in [-0.25, -0.2) is 5.43 Å². The average molecular weight is 249 g/mol. The Morgan fingerprint density at radius 1 is 1.35 bits per heavy atom. The molecule has 0 aliphatic rings. The Labute approximate surface area is 103 Å². The quantitative estimate of drug-likeness (QED) is 0.671. The van der Waals surface area contributed by atoms with Gasteiger partial charge < -0.3 is 4.42 Å². The average Bonchev–Trinajstić information content (AvgIpc) is 2.82. The number of carbonyl (C=O) groups is 1. The number of carbonyl (C=O) groups excluding carboxylic acids is 1. The first-order chi connectivity index (χ1) is 8.25. The molecule has 0 radical (unpaired) electrons. The van der Waals surface area contributed by atoms with Crippen molar-refractivity contribution in [2.24, 2.45) is 5.10 Å². The van der Waals surface area contributed by atoms with Crippen molar-refractivity contribution in [3.05, 3.63) is 59.0 Å². The maximum absolute atomic E-state index is 11.6. The van der Waals surface area contributed by atoms with Gasteiger partial charge >= 0.3 is 0 Å². The van der Waals surface area contributed by atoms with Crippen molar-refractivity contribution in [3.8, 4) is 0 Å². The summed E-state index contributed by atoms with van der Waals surface area (Å²) in [5.41, 5.74) is 2.83. The Balaban J connectivity index is 1.98. The molecule has 0 saturated carbocycles. The van der Waals surface area contributed by atoms with E-state index < -0.39 is 0 Å². The van der Waals surface area contributed by atoms with Gasteiger partial charge in [-0.15, -0.1) is 0 Å². The number of nitrogens with zero attached hydrogens (tertiary/aromatic N) is 1. The van der Waals surface area contributed by atoms with E-state index in [1.807, 2.05) is 0 Å². The number of rotatable bonds is 3. The topological polar surface area (TPSA) is 54.6 Å². The lowest BCUT2D eigenvalue weighted by atomic mass is 10.2. The van der Waals surface area contributed by atoms with Crippen LogP contribution in [0.5, 0.6) is 0 Å². The second-order valence-electron chi connectivity index (χ2n) is 3.22. The minimum atomic E-state index is -0.324. The van der Waals surface area contributed by atoms with Gasteiger partial charge in [-0.05, 0) is 30.3 Å². The van der Waals surface area contributed by atoms with Gasteiger partial charge in [0.25, 0.3) is 5.91 Å². The minimum Gasteiger partial charge on any atom is -0.463 e. The van der Waals surface area contributed by atoms with Crippen molar-refractivity contribution >= 4 is 23.7 Å². The summed E-state index contributed by atoms with van der Waals surface area (Å²) in [6, 6.07) is 10.1. The number of hydrogen-bond acceptors (Lipinski definition) is 3. The number of hydrazone groups is 1. The van der Waals surface area contributed by atoms with Crippen LogP contribution in [-0.2, 0) is 0 Å². The second-order valence-corrected chi connectivity index (χ2v) is 3.66. The van der Waals surface area contributed by atoms with Crippen molar-refractivity contribution in [3.63, 3.8) is 0 Å². The van der Waals surface area contributed by atoms with Crippen LogP contribution in [0, 0.1) is 0 Å². The first-order valence-electron chi connectivity index (χ1n) is 4.88. The zero-order valence-electron chi connectivity index (χ0n) is 8.76. The van der Waals surface area contributed by atoms with Crippen LogP contribution < -0.4 is 5.43 Å². The van der Waals surface area contributed by atoms with E-state index in [1.54, 1.807) is 36.4 Å². The van der Waals surface area contributed by atoms with Gasteiger partial charge in [-0.2, -0.15) is 5.10 Å². The van der Waals surface area contributed by atoms with Crippen molar-refractivity contribution in [2.45, 2.75) is 0 Å². The zero-order valence-corrected chi connectivity index (χ0v) is 9.52. The van der Waals surface area contributed by atoms with Crippen molar-refractivity contribution in [1.29, 1.82) is 0 Å². The molecule has 5 heteroatoms. The highest BCUT2D eigenvalue weighted by molar-refractivity contribution is 6.30. The van der Waals surface area contributed by atoms with E-state index in [0.29, 0.717) is 16.3 Å². The Morgan fingerprint density at radius 2 is 2.24 bits per heavy atom. The predicted octanol–water partition coefficient (Wildman–Crippen LogP) is 2.70. The number of furan rings is 1. The molecule has 2 aromatic rings. The molecule has 0 bridgehead atoms. The molecule has 0 saturated heterocycles. The SMILES string of the molecule is O=C(N/N=C/c1ccco1)c1cccc(Cl)c1. The van der Waals surface area contributed by atoms with Crippen molar-refractivity contribution in [2.75, 3.05) is 0 Å². The summed E-state index contributed by atoms with van der Waals surface area (Å²) in [6.07, 6.45) is 2.95. The highest BCUT2D eigenvalue weighted by atomic mass is 35.5. The highest BCUT2D eigenvalue weighted by Gasteiger charge is 2.03. The number of hydrogen-bond donors (Lipinski definition) is 1. The molecule has 86 valence electrons. The maximum Gasteiger partial charge on any atom is 0.271 e. The molecule has 0 aliphatic carbocycles. The van der Waals surface area contributed by atoms with Crippen molar-refractivity contribution in [1.82, 2.24) is 5.43 Å². The fraction of sp³-hybridized carbons (Fsp3) is 0. The number of halogens is 1. The zero-order chi connectivity index (χ0) is 12.1. The summed E-state index contributed by atoms with van der Waals surface area (Å²) < 4.78 is 5.02. The van der Waals surface area contributed by atoms with Gasteiger partial charge in [0.1, 0.15) is 5.76 Å². The maximum atomic E-state index is 11.6. The normalized spacial score (nSPS) is 10.6. The molecule has 0 fully saturated rings. The third-order valence-corrected chi connectivity index (χ3v) is 2.22. The van der Waals surface area contributed by atoms with E-state index in [-0.39, 0.29) is 5.91 Å². The monoisotopic (exact) mass is 248 g/mol. The van der Waals surface area contributed by atoms with Crippen LogP contribution >= 0.6 is 11.6 Å². The van der Waals surface area contributed by atoms with Gasteiger partial charge in [-0.3, -0.25) is 4.79 Å². The van der Waals surface area contributed by atoms with E-state index in [4.69, 9.17) is 16.0 Å². The predicted molar refractivity (Wildman–Crippen MR) is 65.2 cm³/mol. The molecule has 0 spiro atoms. The lowest BCUT2D eigenvalue weighted by Gasteiger charge is -1.99. The molecular formula is C12H9ClN2O2. The number of nitrogens with one attached hydrogen (secondary N) is 1. The Bertz CT molecular complexity index is 535. The minimum absolute atomic E-state index is 0.324. The fourth-order valence-electron chi connectivity index (χ4n) is 1.21. The van der Waals surface area contributed by atoms with Gasteiger partial charge in [0, 0.05) is 10.6 Å². The summed E-state index contributed by atoms with van der Waals surface area (Å²) in [5.74, 6) is 0.242. The molecular weight excluding hydrogens is 240 g/mol. The van der Waals surface area contributed by atoms with Crippen LogP contribution in [0.3, 0.4) is 0 Å². The van der Waals surface area contributed by atoms with E-state index >= 15 is 0 Å². The Kier molecular flexibility index (Phi) is 3.57. The summed E-state index contributed by atoms with van der Waals surface area (Å²) in [7, 11) is 0. The molecule has 0 aliphatic heterocycles. The summed E-state index contributed by atoms with van der Waals surface area (Å²) >= 11 is 5.77. The third-order valence-electron chi connectivity index (χ3n) is 1.99. The number of benzene rings is 1.